The molecular formula is C15H17F2NO2. The van der Waals surface area contributed by atoms with Crippen molar-refractivity contribution < 1.29 is 17.9 Å². The average molecular weight is 281 g/mol. The van der Waals surface area contributed by atoms with Gasteiger partial charge in [-0.05, 0) is 25.5 Å². The third kappa shape index (κ3) is 3.36. The van der Waals surface area contributed by atoms with E-state index < -0.39 is 17.7 Å². The highest BCUT2D eigenvalue weighted by Crippen LogP contribution is 2.27. The van der Waals surface area contributed by atoms with Gasteiger partial charge in [0.15, 0.2) is 6.10 Å². The van der Waals surface area contributed by atoms with Gasteiger partial charge < -0.3 is 14.9 Å². The van der Waals surface area contributed by atoms with Gasteiger partial charge in [-0.25, -0.2) is 8.78 Å². The van der Waals surface area contributed by atoms with E-state index in [4.69, 9.17) is 14.9 Å². The number of rotatable bonds is 5. The Morgan fingerprint density at radius 3 is 2.35 bits per heavy atom. The molecule has 0 aliphatic rings. The lowest BCUT2D eigenvalue weighted by molar-refractivity contribution is 0.142. The smallest absolute Gasteiger partial charge is 0.171 e. The molecule has 108 valence electrons. The molecule has 2 unspecified atom stereocenters. The molecule has 20 heavy (non-hydrogen) atoms. The quantitative estimate of drug-likeness (QED) is 0.908. The second-order valence-corrected chi connectivity index (χ2v) is 4.66. The zero-order valence-electron chi connectivity index (χ0n) is 11.4. The van der Waals surface area contributed by atoms with Gasteiger partial charge in [-0.2, -0.15) is 0 Å². The Kier molecular flexibility index (Phi) is 4.39. The van der Waals surface area contributed by atoms with Crippen molar-refractivity contribution in [3.8, 4) is 5.75 Å². The molecule has 1 aromatic carbocycles. The van der Waals surface area contributed by atoms with E-state index in [0.717, 1.165) is 24.0 Å². The van der Waals surface area contributed by atoms with Crippen LogP contribution in [0.2, 0.25) is 0 Å². The number of nitrogens with two attached hydrogens (primary N) is 1. The standard InChI is InChI=1S/C15H17F2NO2/c1-3-13(18)15(14-5-4-9(2)19-14)20-12-7-10(16)6-11(17)8-12/h4-8,13,15H,3,18H2,1-2H3. The Balaban J connectivity index is 2.28. The summed E-state index contributed by atoms with van der Waals surface area (Å²) in [5, 5.41) is 0. The van der Waals surface area contributed by atoms with Gasteiger partial charge in [-0.3, -0.25) is 0 Å². The minimum Gasteiger partial charge on any atom is -0.481 e. The van der Waals surface area contributed by atoms with E-state index in [9.17, 15) is 8.78 Å². The van der Waals surface area contributed by atoms with E-state index in [1.807, 2.05) is 6.92 Å². The number of aryl methyl sites for hydroxylation is 1. The fourth-order valence-electron chi connectivity index (χ4n) is 1.92. The zero-order valence-corrected chi connectivity index (χ0v) is 11.4. The largest absolute Gasteiger partial charge is 0.481 e. The zero-order chi connectivity index (χ0) is 14.7. The van der Waals surface area contributed by atoms with Crippen LogP contribution in [0.25, 0.3) is 0 Å². The summed E-state index contributed by atoms with van der Waals surface area (Å²) in [4.78, 5) is 0. The summed E-state index contributed by atoms with van der Waals surface area (Å²) in [6.07, 6.45) is 0.0530. The first-order valence-electron chi connectivity index (χ1n) is 6.44. The van der Waals surface area contributed by atoms with Crippen molar-refractivity contribution in [1.29, 1.82) is 0 Å². The van der Waals surface area contributed by atoms with Crippen LogP contribution in [0, 0.1) is 18.6 Å². The third-order valence-corrected chi connectivity index (χ3v) is 3.00. The molecule has 0 radical (unpaired) electrons. The molecule has 2 N–H and O–H groups in total. The van der Waals surface area contributed by atoms with Gasteiger partial charge in [0.25, 0.3) is 0 Å². The maximum absolute atomic E-state index is 13.2. The molecule has 0 aliphatic heterocycles. The number of furan rings is 1. The Bertz CT molecular complexity index is 563. The van der Waals surface area contributed by atoms with Crippen molar-refractivity contribution >= 4 is 0 Å². The van der Waals surface area contributed by atoms with E-state index in [-0.39, 0.29) is 11.8 Å². The highest BCUT2D eigenvalue weighted by Gasteiger charge is 2.24. The molecule has 0 bridgehead atoms. The number of hydrogen-bond acceptors (Lipinski definition) is 3. The number of hydrogen-bond donors (Lipinski definition) is 1. The molecule has 0 aliphatic carbocycles. The summed E-state index contributed by atoms with van der Waals surface area (Å²) in [7, 11) is 0. The first-order chi connectivity index (χ1) is 9.49. The molecule has 0 fully saturated rings. The van der Waals surface area contributed by atoms with Crippen molar-refractivity contribution in [3.05, 3.63) is 53.5 Å². The first-order valence-corrected chi connectivity index (χ1v) is 6.44. The van der Waals surface area contributed by atoms with Crippen LogP contribution in [0.3, 0.4) is 0 Å². The van der Waals surface area contributed by atoms with Crippen molar-refractivity contribution in [1.82, 2.24) is 0 Å². The van der Waals surface area contributed by atoms with Crippen LogP contribution in [-0.4, -0.2) is 6.04 Å². The third-order valence-electron chi connectivity index (χ3n) is 3.00. The van der Waals surface area contributed by atoms with Gasteiger partial charge in [0, 0.05) is 24.2 Å². The normalized spacial score (nSPS) is 14.1. The van der Waals surface area contributed by atoms with E-state index >= 15 is 0 Å². The average Bonchev–Trinajstić information content (AvgIpc) is 2.80. The number of halogens is 2. The highest BCUT2D eigenvalue weighted by atomic mass is 19.1. The van der Waals surface area contributed by atoms with Crippen molar-refractivity contribution in [2.75, 3.05) is 0 Å². The Morgan fingerprint density at radius 2 is 1.85 bits per heavy atom. The van der Waals surface area contributed by atoms with Crippen LogP contribution in [0.1, 0.15) is 31.0 Å². The number of ether oxygens (including phenoxy) is 1. The van der Waals surface area contributed by atoms with Crippen LogP contribution < -0.4 is 10.5 Å². The van der Waals surface area contributed by atoms with Gasteiger partial charge in [0.1, 0.15) is 28.9 Å². The Morgan fingerprint density at radius 1 is 1.20 bits per heavy atom. The summed E-state index contributed by atoms with van der Waals surface area (Å²) < 4.78 is 37.5. The summed E-state index contributed by atoms with van der Waals surface area (Å²) in [6, 6.07) is 6.24. The Hall–Kier alpha value is -1.88. The lowest BCUT2D eigenvalue weighted by Crippen LogP contribution is -2.31. The predicted molar refractivity (Wildman–Crippen MR) is 71.4 cm³/mol. The van der Waals surface area contributed by atoms with Gasteiger partial charge >= 0.3 is 0 Å². The predicted octanol–water partition coefficient (Wildman–Crippen LogP) is 3.72. The first kappa shape index (κ1) is 14.5. The molecule has 3 nitrogen and oxygen atoms in total. The lowest BCUT2D eigenvalue weighted by Gasteiger charge is -2.22. The summed E-state index contributed by atoms with van der Waals surface area (Å²) in [6.45, 7) is 3.71. The molecular weight excluding hydrogens is 264 g/mol. The van der Waals surface area contributed by atoms with E-state index in [1.54, 1.807) is 19.1 Å². The van der Waals surface area contributed by atoms with Gasteiger partial charge in [-0.1, -0.05) is 6.92 Å². The monoisotopic (exact) mass is 281 g/mol. The van der Waals surface area contributed by atoms with Crippen LogP contribution in [0.15, 0.2) is 34.7 Å². The minimum absolute atomic E-state index is 0.0884. The van der Waals surface area contributed by atoms with Gasteiger partial charge in [0.2, 0.25) is 0 Å². The molecule has 0 saturated carbocycles. The molecule has 2 atom stereocenters. The van der Waals surface area contributed by atoms with Gasteiger partial charge in [-0.15, -0.1) is 0 Å². The van der Waals surface area contributed by atoms with E-state index in [2.05, 4.69) is 0 Å². The van der Waals surface area contributed by atoms with Crippen molar-refractivity contribution in [3.63, 3.8) is 0 Å². The summed E-state index contributed by atoms with van der Waals surface area (Å²) in [5.74, 6) is -0.0341. The molecule has 0 spiro atoms. The second kappa shape index (κ2) is 6.05. The lowest BCUT2D eigenvalue weighted by atomic mass is 10.1. The fraction of sp³-hybridized carbons (Fsp3) is 0.333. The molecule has 5 heteroatoms. The highest BCUT2D eigenvalue weighted by molar-refractivity contribution is 5.25. The molecule has 1 heterocycles. The fourth-order valence-corrected chi connectivity index (χ4v) is 1.92. The topological polar surface area (TPSA) is 48.4 Å². The van der Waals surface area contributed by atoms with E-state index in [1.165, 1.54) is 0 Å². The molecule has 2 rings (SSSR count). The SMILES string of the molecule is CCC(N)C(Oc1cc(F)cc(F)c1)c1ccc(C)o1. The van der Waals surface area contributed by atoms with Gasteiger partial charge in [0.05, 0.1) is 0 Å². The molecule has 0 saturated heterocycles. The minimum atomic E-state index is -0.695. The van der Waals surface area contributed by atoms with E-state index in [0.29, 0.717) is 12.2 Å². The summed E-state index contributed by atoms with van der Waals surface area (Å²) in [5.41, 5.74) is 6.01. The maximum atomic E-state index is 13.2. The molecule has 2 aromatic rings. The van der Waals surface area contributed by atoms with Crippen molar-refractivity contribution in [2.24, 2.45) is 5.73 Å². The summed E-state index contributed by atoms with van der Waals surface area (Å²) >= 11 is 0. The second-order valence-electron chi connectivity index (χ2n) is 4.66. The molecule has 0 amide bonds. The maximum Gasteiger partial charge on any atom is 0.171 e. The van der Waals surface area contributed by atoms with Crippen LogP contribution in [-0.2, 0) is 0 Å². The van der Waals surface area contributed by atoms with Crippen LogP contribution in [0.4, 0.5) is 8.78 Å². The van der Waals surface area contributed by atoms with Crippen LogP contribution >= 0.6 is 0 Å². The van der Waals surface area contributed by atoms with Crippen LogP contribution in [0.5, 0.6) is 5.75 Å². The molecule has 1 aromatic heterocycles. The van der Waals surface area contributed by atoms with Crippen molar-refractivity contribution in [2.45, 2.75) is 32.4 Å². The number of benzene rings is 1. The Labute approximate surface area is 116 Å².